The summed E-state index contributed by atoms with van der Waals surface area (Å²) in [5, 5.41) is 4.27. The van der Waals surface area contributed by atoms with E-state index in [0.29, 0.717) is 5.69 Å². The zero-order valence-corrected chi connectivity index (χ0v) is 11.8. The van der Waals surface area contributed by atoms with Crippen LogP contribution in [0.1, 0.15) is 36.6 Å². The minimum absolute atomic E-state index is 0.0687. The molecule has 0 saturated heterocycles. The van der Waals surface area contributed by atoms with Gasteiger partial charge in [-0.3, -0.25) is 0 Å². The van der Waals surface area contributed by atoms with Crippen molar-refractivity contribution < 1.29 is 13.2 Å². The molecule has 2 nitrogen and oxygen atoms in total. The van der Waals surface area contributed by atoms with Crippen molar-refractivity contribution in [2.75, 3.05) is 0 Å². The van der Waals surface area contributed by atoms with E-state index in [1.807, 2.05) is 13.8 Å². The average molecular weight is 303 g/mol. The maximum Gasteiger partial charge on any atom is 0.416 e. The summed E-state index contributed by atoms with van der Waals surface area (Å²) in [4.78, 5) is 0. The molecule has 0 unspecified atom stereocenters. The highest BCUT2D eigenvalue weighted by molar-refractivity contribution is 6.17. The van der Waals surface area contributed by atoms with Gasteiger partial charge in [0.2, 0.25) is 0 Å². The van der Waals surface area contributed by atoms with Crippen molar-refractivity contribution in [3.8, 4) is 5.69 Å². The predicted molar refractivity (Wildman–Crippen MR) is 72.2 cm³/mol. The topological polar surface area (TPSA) is 17.8 Å². The molecule has 6 heteroatoms. The molecule has 20 heavy (non-hydrogen) atoms. The monoisotopic (exact) mass is 302 g/mol. The standard InChI is InChI=1S/C14H14ClF3N2/c1-9(2)13-5-6-20(19-13)11-4-3-10(8-15)12(7-11)14(16,17)18/h3-7,9H,8H2,1-2H3. The molecule has 0 aliphatic rings. The molecule has 0 aliphatic carbocycles. The van der Waals surface area contributed by atoms with Gasteiger partial charge < -0.3 is 0 Å². The first-order chi connectivity index (χ1) is 9.32. The summed E-state index contributed by atoms with van der Waals surface area (Å²) < 4.78 is 40.4. The first kappa shape index (κ1) is 14.9. The van der Waals surface area contributed by atoms with E-state index in [4.69, 9.17) is 11.6 Å². The Kier molecular flexibility index (Phi) is 4.09. The fourth-order valence-electron chi connectivity index (χ4n) is 1.88. The molecule has 0 N–H and O–H groups in total. The highest BCUT2D eigenvalue weighted by Gasteiger charge is 2.33. The second-order valence-corrected chi connectivity index (χ2v) is 5.08. The molecule has 2 aromatic rings. The third-order valence-electron chi connectivity index (χ3n) is 3.01. The molecule has 0 fully saturated rings. The van der Waals surface area contributed by atoms with Gasteiger partial charge in [0.05, 0.1) is 16.9 Å². The van der Waals surface area contributed by atoms with Crippen LogP contribution in [0, 0.1) is 0 Å². The van der Waals surface area contributed by atoms with Crippen LogP contribution < -0.4 is 0 Å². The quantitative estimate of drug-likeness (QED) is 0.748. The van der Waals surface area contributed by atoms with E-state index >= 15 is 0 Å². The Bertz CT molecular complexity index is 603. The molecule has 108 valence electrons. The SMILES string of the molecule is CC(C)c1ccn(-c2ccc(CCl)c(C(F)(F)F)c2)n1. The fraction of sp³-hybridized carbons (Fsp3) is 0.357. The van der Waals surface area contributed by atoms with Crippen molar-refractivity contribution in [2.45, 2.75) is 31.8 Å². The lowest BCUT2D eigenvalue weighted by molar-refractivity contribution is -0.138. The molecule has 0 amide bonds. The Morgan fingerprint density at radius 3 is 2.45 bits per heavy atom. The minimum atomic E-state index is -4.42. The van der Waals surface area contributed by atoms with Gasteiger partial charge in [0.1, 0.15) is 0 Å². The Balaban J connectivity index is 2.47. The summed E-state index contributed by atoms with van der Waals surface area (Å²) in [5.41, 5.74) is 0.559. The van der Waals surface area contributed by atoms with Crippen molar-refractivity contribution in [1.29, 1.82) is 0 Å². The van der Waals surface area contributed by atoms with Crippen molar-refractivity contribution in [3.05, 3.63) is 47.3 Å². The van der Waals surface area contributed by atoms with Gasteiger partial charge in [-0.2, -0.15) is 18.3 Å². The molecule has 1 aromatic carbocycles. The summed E-state index contributed by atoms with van der Waals surface area (Å²) in [5.74, 6) is 0.0475. The summed E-state index contributed by atoms with van der Waals surface area (Å²) in [6.45, 7) is 3.95. The second kappa shape index (κ2) is 5.48. The summed E-state index contributed by atoms with van der Waals surface area (Å²) in [6.07, 6.45) is -2.76. The van der Waals surface area contributed by atoms with Gasteiger partial charge in [-0.05, 0) is 29.7 Å². The van der Waals surface area contributed by atoms with Crippen LogP contribution in [0.3, 0.4) is 0 Å². The van der Waals surface area contributed by atoms with Crippen LogP contribution >= 0.6 is 11.6 Å². The zero-order chi connectivity index (χ0) is 14.9. The van der Waals surface area contributed by atoms with Crippen LogP contribution in [-0.2, 0) is 12.1 Å². The Labute approximate surface area is 120 Å². The summed E-state index contributed by atoms with van der Waals surface area (Å²) >= 11 is 5.56. The van der Waals surface area contributed by atoms with Crippen LogP contribution in [0.2, 0.25) is 0 Å². The Morgan fingerprint density at radius 1 is 1.25 bits per heavy atom. The maximum absolute atomic E-state index is 13.0. The number of alkyl halides is 4. The van der Waals surface area contributed by atoms with Crippen molar-refractivity contribution in [1.82, 2.24) is 9.78 Å². The number of aromatic nitrogens is 2. The predicted octanol–water partition coefficient (Wildman–Crippen LogP) is 4.75. The van der Waals surface area contributed by atoms with Gasteiger partial charge >= 0.3 is 6.18 Å². The number of hydrogen-bond donors (Lipinski definition) is 0. The number of hydrogen-bond acceptors (Lipinski definition) is 1. The van der Waals surface area contributed by atoms with Gasteiger partial charge in [-0.1, -0.05) is 19.9 Å². The second-order valence-electron chi connectivity index (χ2n) is 4.81. The molecule has 0 radical (unpaired) electrons. The van der Waals surface area contributed by atoms with Crippen LogP contribution in [0.5, 0.6) is 0 Å². The van der Waals surface area contributed by atoms with E-state index in [0.717, 1.165) is 11.8 Å². The van der Waals surface area contributed by atoms with E-state index < -0.39 is 11.7 Å². The molecule has 1 aromatic heterocycles. The molecule has 2 rings (SSSR count). The van der Waals surface area contributed by atoms with E-state index in [1.165, 1.54) is 10.7 Å². The van der Waals surface area contributed by atoms with Crippen LogP contribution in [0.4, 0.5) is 13.2 Å². The van der Waals surface area contributed by atoms with Gasteiger partial charge in [0.25, 0.3) is 0 Å². The largest absolute Gasteiger partial charge is 0.416 e. The smallest absolute Gasteiger partial charge is 0.241 e. The number of rotatable bonds is 3. The van der Waals surface area contributed by atoms with Crippen LogP contribution in [-0.4, -0.2) is 9.78 Å². The molecule has 0 spiro atoms. The summed E-state index contributed by atoms with van der Waals surface area (Å²) in [6, 6.07) is 5.86. The first-order valence-electron chi connectivity index (χ1n) is 6.15. The number of nitrogens with zero attached hydrogens (tertiary/aromatic N) is 2. The van der Waals surface area contributed by atoms with Crippen molar-refractivity contribution in [3.63, 3.8) is 0 Å². The zero-order valence-electron chi connectivity index (χ0n) is 11.1. The molecular formula is C14H14ClF3N2. The summed E-state index contributed by atoms with van der Waals surface area (Å²) in [7, 11) is 0. The van der Waals surface area contributed by atoms with Crippen LogP contribution in [0.25, 0.3) is 5.69 Å². The lowest BCUT2D eigenvalue weighted by Gasteiger charge is -2.13. The van der Waals surface area contributed by atoms with E-state index in [-0.39, 0.29) is 17.4 Å². The van der Waals surface area contributed by atoms with Crippen LogP contribution in [0.15, 0.2) is 30.5 Å². The van der Waals surface area contributed by atoms with E-state index in [9.17, 15) is 13.2 Å². The van der Waals surface area contributed by atoms with Gasteiger partial charge in [0.15, 0.2) is 0 Å². The first-order valence-corrected chi connectivity index (χ1v) is 6.68. The molecule has 0 aliphatic heterocycles. The number of benzene rings is 1. The normalized spacial score (nSPS) is 12.2. The van der Waals surface area contributed by atoms with Crippen molar-refractivity contribution in [2.24, 2.45) is 0 Å². The highest BCUT2D eigenvalue weighted by Crippen LogP contribution is 2.34. The minimum Gasteiger partial charge on any atom is -0.241 e. The van der Waals surface area contributed by atoms with Gasteiger partial charge in [0, 0.05) is 12.1 Å². The Morgan fingerprint density at radius 2 is 1.95 bits per heavy atom. The van der Waals surface area contributed by atoms with Crippen molar-refractivity contribution >= 4 is 11.6 Å². The lowest BCUT2D eigenvalue weighted by Crippen LogP contribution is -2.10. The highest BCUT2D eigenvalue weighted by atomic mass is 35.5. The number of halogens is 4. The molecule has 1 heterocycles. The van der Waals surface area contributed by atoms with Gasteiger partial charge in [-0.15, -0.1) is 11.6 Å². The average Bonchev–Trinajstić information content (AvgIpc) is 2.86. The molecule has 0 atom stereocenters. The molecule has 0 saturated carbocycles. The lowest BCUT2D eigenvalue weighted by atomic mass is 10.1. The Hall–Kier alpha value is -1.49. The third kappa shape index (κ3) is 2.98. The molecular weight excluding hydrogens is 289 g/mol. The maximum atomic E-state index is 13.0. The van der Waals surface area contributed by atoms with E-state index in [2.05, 4.69) is 5.10 Å². The van der Waals surface area contributed by atoms with E-state index in [1.54, 1.807) is 18.3 Å². The molecule has 0 bridgehead atoms. The fourth-order valence-corrected chi connectivity index (χ4v) is 2.11. The third-order valence-corrected chi connectivity index (χ3v) is 3.30. The van der Waals surface area contributed by atoms with Gasteiger partial charge in [-0.25, -0.2) is 4.68 Å².